The molecule has 0 unspecified atom stereocenters. The van der Waals surface area contributed by atoms with Gasteiger partial charge in [-0.2, -0.15) is 0 Å². The fraction of sp³-hybridized carbons (Fsp3) is 0.297. The predicted octanol–water partition coefficient (Wildman–Crippen LogP) is 17.6. The fourth-order valence-corrected chi connectivity index (χ4v) is 11.4. The first-order valence-corrected chi connectivity index (χ1v) is 28.6. The van der Waals surface area contributed by atoms with Gasteiger partial charge in [-0.1, -0.05) is 196 Å². The van der Waals surface area contributed by atoms with Gasteiger partial charge in [-0.25, -0.2) is 0 Å². The summed E-state index contributed by atoms with van der Waals surface area (Å²) in [5.41, 5.74) is 15.7. The van der Waals surface area contributed by atoms with Crippen molar-refractivity contribution in [2.75, 3.05) is 0 Å². The summed E-state index contributed by atoms with van der Waals surface area (Å²) in [6.07, 6.45) is 14.8. The summed E-state index contributed by atoms with van der Waals surface area (Å²) < 4.78 is 6.45. The summed E-state index contributed by atoms with van der Waals surface area (Å²) in [7, 11) is -1.36. The van der Waals surface area contributed by atoms with Crippen molar-refractivity contribution >= 4 is 35.2 Å². The Balaban J connectivity index is 0.000000163. The van der Waals surface area contributed by atoms with E-state index in [1.807, 2.05) is 36.7 Å². The van der Waals surface area contributed by atoms with E-state index in [9.17, 15) is 0 Å². The van der Waals surface area contributed by atoms with Crippen LogP contribution in [-0.2, 0) is 32.9 Å². The Labute approximate surface area is 432 Å². The molecule has 4 nitrogen and oxygen atoms in total. The van der Waals surface area contributed by atoms with Crippen LogP contribution in [0, 0.1) is 10.8 Å². The Morgan fingerprint density at radius 2 is 1.07 bits per heavy atom. The molecule has 0 aliphatic heterocycles. The Bertz CT molecular complexity index is 3080. The van der Waals surface area contributed by atoms with Crippen LogP contribution in [-0.4, -0.2) is 23.0 Å². The molecule has 0 saturated heterocycles. The average Bonchev–Trinajstić information content (AvgIpc) is 3.74. The number of nitrogens with zero attached hydrogens (tertiary/aromatic N) is 3. The molecule has 10 rings (SSSR count). The quantitative estimate of drug-likeness (QED) is 0.142. The van der Waals surface area contributed by atoms with Crippen LogP contribution in [0.4, 0.5) is 0 Å². The maximum atomic E-state index is 6.45. The van der Waals surface area contributed by atoms with Crippen LogP contribution in [0.15, 0.2) is 181 Å². The normalized spacial score (nSPS) is 13.2. The van der Waals surface area contributed by atoms with Gasteiger partial charge in [-0.15, -0.1) is 0 Å². The van der Waals surface area contributed by atoms with E-state index < -0.39 is 8.07 Å². The monoisotopic (exact) mass is 1120 g/mol. The van der Waals surface area contributed by atoms with Crippen molar-refractivity contribution in [3.63, 3.8) is 0 Å². The SMILES string of the molecule is CC(C)(C)Cc1cc(-c2ccccc2)ncc1[Si](C)(C)C.CC(C)(C)Cc1ccnc(-c2ccccc2)c1.[Ir].c1ccc(-c2ccc(-c3cc(C4CCCCC4)ccn3)c3oc4ccccc4c23)cc1. The minimum Gasteiger partial charge on any atom is -0.455 e. The number of para-hydroxylation sites is 1. The van der Waals surface area contributed by atoms with Crippen molar-refractivity contribution < 1.29 is 24.5 Å². The average molecular weight is 1120 g/mol. The summed E-state index contributed by atoms with van der Waals surface area (Å²) in [5, 5.41) is 3.82. The molecular formula is C64H71IrN3OSi. The molecule has 4 heterocycles. The van der Waals surface area contributed by atoms with Crippen molar-refractivity contribution in [2.24, 2.45) is 10.8 Å². The maximum Gasteiger partial charge on any atom is 0.145 e. The molecule has 6 heteroatoms. The van der Waals surface area contributed by atoms with Crippen LogP contribution in [0.5, 0.6) is 0 Å². The van der Waals surface area contributed by atoms with E-state index in [2.05, 4.69) is 206 Å². The topological polar surface area (TPSA) is 51.8 Å². The smallest absolute Gasteiger partial charge is 0.145 e. The van der Waals surface area contributed by atoms with E-state index >= 15 is 0 Å². The number of furan rings is 1. The summed E-state index contributed by atoms with van der Waals surface area (Å²) >= 11 is 0. The van der Waals surface area contributed by atoms with Gasteiger partial charge >= 0.3 is 0 Å². The number of benzene rings is 5. The molecule has 1 aliphatic rings. The molecule has 0 N–H and O–H groups in total. The predicted molar refractivity (Wildman–Crippen MR) is 297 cm³/mol. The molecular weight excluding hydrogens is 1050 g/mol. The van der Waals surface area contributed by atoms with Crippen LogP contribution in [0.25, 0.3) is 66.8 Å². The molecule has 1 saturated carbocycles. The molecule has 0 spiro atoms. The molecule has 4 aromatic heterocycles. The van der Waals surface area contributed by atoms with E-state index in [1.165, 1.54) is 81.6 Å². The molecule has 5 aromatic carbocycles. The number of hydrogen-bond donors (Lipinski definition) is 0. The van der Waals surface area contributed by atoms with Gasteiger partial charge < -0.3 is 4.42 Å². The van der Waals surface area contributed by atoms with Crippen LogP contribution < -0.4 is 5.19 Å². The fourth-order valence-electron chi connectivity index (χ4n) is 9.79. The minimum atomic E-state index is -1.36. The van der Waals surface area contributed by atoms with Crippen molar-refractivity contribution in [2.45, 2.75) is 112 Å². The van der Waals surface area contributed by atoms with Crippen LogP contribution in [0.3, 0.4) is 0 Å². The van der Waals surface area contributed by atoms with Gasteiger partial charge in [-0.05, 0) is 118 Å². The zero-order chi connectivity index (χ0) is 48.6. The minimum absolute atomic E-state index is 0. The summed E-state index contributed by atoms with van der Waals surface area (Å²) in [6, 6.07) is 55.2. The Morgan fingerprint density at radius 3 is 1.69 bits per heavy atom. The molecule has 1 fully saturated rings. The second-order valence-electron chi connectivity index (χ2n) is 22.4. The largest absolute Gasteiger partial charge is 0.455 e. The molecule has 0 atom stereocenters. The molecule has 361 valence electrons. The van der Waals surface area contributed by atoms with Gasteiger partial charge in [0, 0.05) is 66.2 Å². The third-order valence-electron chi connectivity index (χ3n) is 13.0. The molecule has 9 aromatic rings. The van der Waals surface area contributed by atoms with Gasteiger partial charge in [0.25, 0.3) is 0 Å². The first-order valence-electron chi connectivity index (χ1n) is 25.1. The van der Waals surface area contributed by atoms with E-state index in [0.717, 1.165) is 52.0 Å². The number of rotatable bonds is 8. The first-order chi connectivity index (χ1) is 33.1. The number of aromatic nitrogens is 3. The number of fused-ring (bicyclic) bond motifs is 3. The second-order valence-corrected chi connectivity index (χ2v) is 27.4. The Hall–Kier alpha value is -5.78. The van der Waals surface area contributed by atoms with Gasteiger partial charge in [0.15, 0.2) is 0 Å². The zero-order valence-electron chi connectivity index (χ0n) is 42.9. The van der Waals surface area contributed by atoms with Gasteiger partial charge in [0.2, 0.25) is 0 Å². The van der Waals surface area contributed by atoms with Crippen molar-refractivity contribution in [3.05, 3.63) is 193 Å². The number of hydrogen-bond acceptors (Lipinski definition) is 4. The summed E-state index contributed by atoms with van der Waals surface area (Å²) in [6.45, 7) is 20.9. The maximum absolute atomic E-state index is 6.45. The van der Waals surface area contributed by atoms with Gasteiger partial charge in [0.1, 0.15) is 11.2 Å². The molecule has 0 amide bonds. The van der Waals surface area contributed by atoms with Crippen molar-refractivity contribution in [1.29, 1.82) is 0 Å². The number of pyridine rings is 3. The van der Waals surface area contributed by atoms with Crippen molar-refractivity contribution in [1.82, 2.24) is 15.0 Å². The second kappa shape index (κ2) is 23.0. The van der Waals surface area contributed by atoms with E-state index in [4.69, 9.17) is 14.4 Å². The van der Waals surface area contributed by atoms with Crippen molar-refractivity contribution in [3.8, 4) is 44.9 Å². The zero-order valence-corrected chi connectivity index (χ0v) is 46.2. The van der Waals surface area contributed by atoms with E-state index in [-0.39, 0.29) is 20.1 Å². The van der Waals surface area contributed by atoms with Gasteiger partial charge in [-0.3, -0.25) is 15.0 Å². The standard InChI is InChI=1S/C29H25NO.C19H27NSi.C16H19N.Ir/c1-3-9-20(10-4-1)22-17-18-30-26(19-22)24-16-15-23(21-11-5-2-6-12-21)28-25-13-7-8-14-27(25)31-29(24)28;1-19(2,3)13-16-12-17(15-10-8-7-9-11-15)20-14-18(16)21(4,5)6;1-16(2,3)12-13-9-10-17-15(11-13)14-7-5-4-6-8-14;/h2,5-8,11-20H,1,3-4,9-10H2;7-12,14H,13H2,1-6H3;4-11H,12H2,1-3H3;. The van der Waals surface area contributed by atoms with Crippen LogP contribution in [0.1, 0.15) is 96.3 Å². The summed E-state index contributed by atoms with van der Waals surface area (Å²) in [5.74, 6) is 0.658. The van der Waals surface area contributed by atoms with Crippen LogP contribution in [0.2, 0.25) is 19.6 Å². The molecule has 1 aliphatic carbocycles. The molecule has 0 bridgehead atoms. The van der Waals surface area contributed by atoms with E-state index in [1.54, 1.807) is 0 Å². The first kappa shape index (κ1) is 52.1. The van der Waals surface area contributed by atoms with Gasteiger partial charge in [0.05, 0.1) is 25.2 Å². The molecule has 1 radical (unpaired) electrons. The third kappa shape index (κ3) is 13.5. The summed E-state index contributed by atoms with van der Waals surface area (Å²) in [4.78, 5) is 13.9. The Morgan fingerprint density at radius 1 is 0.529 bits per heavy atom. The van der Waals surface area contributed by atoms with E-state index in [0.29, 0.717) is 16.7 Å². The third-order valence-corrected chi connectivity index (χ3v) is 15.0. The van der Waals surface area contributed by atoms with Crippen LogP contribution >= 0.6 is 0 Å². The Kier molecular flexibility index (Phi) is 17.1. The molecule has 70 heavy (non-hydrogen) atoms.